The molecule has 0 bridgehead atoms. The average Bonchev–Trinajstić information content (AvgIpc) is 2.00. The van der Waals surface area contributed by atoms with Crippen molar-refractivity contribution >= 4 is 0 Å². The van der Waals surface area contributed by atoms with Crippen molar-refractivity contribution in [2.75, 3.05) is 6.54 Å². The summed E-state index contributed by atoms with van der Waals surface area (Å²) in [5.74, 6) is 0. The molecule has 1 aliphatic rings. The Morgan fingerprint density at radius 3 is 2.10 bits per heavy atom. The summed E-state index contributed by atoms with van der Waals surface area (Å²) in [5, 5.41) is 3.13. The van der Waals surface area contributed by atoms with Crippen LogP contribution >= 0.6 is 0 Å². The molecule has 1 heteroatoms. The Morgan fingerprint density at radius 2 is 1.80 bits per heavy atom. The standard InChI is InChI=1S/C7H11N.C2H6/c1-6-3-4-8-5-7(6)2;1-2/h3,5,8H,4H2,1-2H3;1-2H3. The first-order valence-electron chi connectivity index (χ1n) is 3.88. The third-order valence-electron chi connectivity index (χ3n) is 1.47. The molecule has 1 aliphatic heterocycles. The normalized spacial score (nSPS) is 15.6. The highest BCUT2D eigenvalue weighted by Gasteiger charge is 1.94. The molecule has 0 radical (unpaired) electrons. The van der Waals surface area contributed by atoms with Crippen molar-refractivity contribution in [2.24, 2.45) is 0 Å². The van der Waals surface area contributed by atoms with Crippen LogP contribution < -0.4 is 5.32 Å². The van der Waals surface area contributed by atoms with E-state index in [0.29, 0.717) is 0 Å². The maximum Gasteiger partial charge on any atom is 0.0331 e. The van der Waals surface area contributed by atoms with Crippen LogP contribution in [-0.2, 0) is 0 Å². The van der Waals surface area contributed by atoms with Gasteiger partial charge in [0.25, 0.3) is 0 Å². The van der Waals surface area contributed by atoms with Crippen LogP contribution in [0.2, 0.25) is 0 Å². The van der Waals surface area contributed by atoms with Gasteiger partial charge in [0, 0.05) is 6.54 Å². The molecule has 0 spiro atoms. The van der Waals surface area contributed by atoms with Crippen LogP contribution in [0.25, 0.3) is 0 Å². The third-order valence-corrected chi connectivity index (χ3v) is 1.47. The largest absolute Gasteiger partial charge is 0.387 e. The highest BCUT2D eigenvalue weighted by Crippen LogP contribution is 2.08. The van der Waals surface area contributed by atoms with Gasteiger partial charge in [0.05, 0.1) is 0 Å². The van der Waals surface area contributed by atoms with Crippen molar-refractivity contribution in [3.8, 4) is 0 Å². The average molecular weight is 139 g/mol. The molecule has 1 heterocycles. The van der Waals surface area contributed by atoms with Crippen LogP contribution in [0.15, 0.2) is 23.4 Å². The molecule has 10 heavy (non-hydrogen) atoms. The molecule has 0 aromatic carbocycles. The second kappa shape index (κ2) is 5.10. The second-order valence-electron chi connectivity index (χ2n) is 2.12. The summed E-state index contributed by atoms with van der Waals surface area (Å²) in [4.78, 5) is 0. The van der Waals surface area contributed by atoms with Crippen molar-refractivity contribution in [3.05, 3.63) is 23.4 Å². The van der Waals surface area contributed by atoms with E-state index in [-0.39, 0.29) is 0 Å². The smallest absolute Gasteiger partial charge is 0.0331 e. The van der Waals surface area contributed by atoms with Crippen LogP contribution in [0.1, 0.15) is 27.7 Å². The van der Waals surface area contributed by atoms with Gasteiger partial charge in [-0.15, -0.1) is 0 Å². The van der Waals surface area contributed by atoms with Gasteiger partial charge in [0.2, 0.25) is 0 Å². The molecule has 0 saturated carbocycles. The number of hydrogen-bond donors (Lipinski definition) is 1. The van der Waals surface area contributed by atoms with E-state index in [1.807, 2.05) is 13.8 Å². The van der Waals surface area contributed by atoms with Crippen LogP contribution in [0.3, 0.4) is 0 Å². The van der Waals surface area contributed by atoms with Gasteiger partial charge in [-0.2, -0.15) is 0 Å². The van der Waals surface area contributed by atoms with Gasteiger partial charge in [0.1, 0.15) is 0 Å². The molecule has 0 amide bonds. The van der Waals surface area contributed by atoms with Gasteiger partial charge in [-0.1, -0.05) is 19.9 Å². The van der Waals surface area contributed by atoms with Crippen LogP contribution in [0.5, 0.6) is 0 Å². The quantitative estimate of drug-likeness (QED) is 0.543. The summed E-state index contributed by atoms with van der Waals surface area (Å²) in [7, 11) is 0. The predicted molar refractivity (Wildman–Crippen MR) is 46.9 cm³/mol. The molecular formula is C9H17N. The Kier molecular flexibility index (Phi) is 4.73. The number of allylic oxidation sites excluding steroid dienone is 2. The second-order valence-corrected chi connectivity index (χ2v) is 2.12. The third kappa shape index (κ3) is 2.72. The lowest BCUT2D eigenvalue weighted by atomic mass is 10.1. The molecule has 0 fully saturated rings. The maximum atomic E-state index is 3.13. The van der Waals surface area contributed by atoms with E-state index in [4.69, 9.17) is 0 Å². The molecule has 1 rings (SSSR count). The minimum atomic E-state index is 0.989. The van der Waals surface area contributed by atoms with E-state index in [1.165, 1.54) is 11.1 Å². The minimum Gasteiger partial charge on any atom is -0.387 e. The fourth-order valence-corrected chi connectivity index (χ4v) is 0.699. The first-order chi connectivity index (χ1) is 4.80. The zero-order chi connectivity index (χ0) is 7.98. The monoisotopic (exact) mass is 139 g/mol. The lowest BCUT2D eigenvalue weighted by molar-refractivity contribution is 0.935. The Morgan fingerprint density at radius 1 is 1.20 bits per heavy atom. The van der Waals surface area contributed by atoms with E-state index < -0.39 is 0 Å². The van der Waals surface area contributed by atoms with E-state index in [1.54, 1.807) is 0 Å². The Balaban J connectivity index is 0.000000371. The van der Waals surface area contributed by atoms with Crippen LogP contribution in [0, 0.1) is 0 Å². The highest BCUT2D eigenvalue weighted by molar-refractivity contribution is 5.29. The summed E-state index contributed by atoms with van der Waals surface area (Å²) in [6.45, 7) is 9.23. The molecule has 0 aromatic rings. The summed E-state index contributed by atoms with van der Waals surface area (Å²) >= 11 is 0. The fourth-order valence-electron chi connectivity index (χ4n) is 0.699. The summed E-state index contributed by atoms with van der Waals surface area (Å²) in [5.41, 5.74) is 2.74. The van der Waals surface area contributed by atoms with Crippen molar-refractivity contribution in [1.29, 1.82) is 0 Å². The van der Waals surface area contributed by atoms with Crippen molar-refractivity contribution in [2.45, 2.75) is 27.7 Å². The Hall–Kier alpha value is -0.720. The minimum absolute atomic E-state index is 0.989. The van der Waals surface area contributed by atoms with Crippen LogP contribution in [-0.4, -0.2) is 6.54 Å². The van der Waals surface area contributed by atoms with Gasteiger partial charge >= 0.3 is 0 Å². The summed E-state index contributed by atoms with van der Waals surface area (Å²) in [6, 6.07) is 0. The SMILES string of the molecule is CC.CC1=CCNC=C1C. The lowest BCUT2D eigenvalue weighted by Gasteiger charge is -2.08. The lowest BCUT2D eigenvalue weighted by Crippen LogP contribution is -2.10. The Labute approximate surface area is 63.8 Å². The molecule has 0 aliphatic carbocycles. The molecule has 0 aromatic heterocycles. The van der Waals surface area contributed by atoms with Crippen LogP contribution in [0.4, 0.5) is 0 Å². The molecule has 0 saturated heterocycles. The van der Waals surface area contributed by atoms with E-state index >= 15 is 0 Å². The zero-order valence-electron chi connectivity index (χ0n) is 7.36. The van der Waals surface area contributed by atoms with E-state index in [9.17, 15) is 0 Å². The topological polar surface area (TPSA) is 12.0 Å². The molecular weight excluding hydrogens is 122 g/mol. The van der Waals surface area contributed by atoms with Gasteiger partial charge in [-0.25, -0.2) is 0 Å². The van der Waals surface area contributed by atoms with Gasteiger partial charge in [0.15, 0.2) is 0 Å². The number of nitrogens with one attached hydrogen (secondary N) is 1. The number of rotatable bonds is 0. The predicted octanol–water partition coefficient (Wildman–Crippen LogP) is 2.47. The molecule has 1 N–H and O–H groups in total. The highest BCUT2D eigenvalue weighted by atomic mass is 14.8. The fraction of sp³-hybridized carbons (Fsp3) is 0.556. The molecule has 0 atom stereocenters. The van der Waals surface area contributed by atoms with Crippen molar-refractivity contribution < 1.29 is 0 Å². The zero-order valence-corrected chi connectivity index (χ0v) is 7.36. The van der Waals surface area contributed by atoms with Gasteiger partial charge in [-0.3, -0.25) is 0 Å². The number of hydrogen-bond acceptors (Lipinski definition) is 1. The first kappa shape index (κ1) is 9.28. The summed E-state index contributed by atoms with van der Waals surface area (Å²) < 4.78 is 0. The molecule has 0 unspecified atom stereocenters. The molecule has 1 nitrogen and oxygen atoms in total. The first-order valence-corrected chi connectivity index (χ1v) is 3.88. The maximum absolute atomic E-state index is 3.13. The van der Waals surface area contributed by atoms with Gasteiger partial charge < -0.3 is 5.32 Å². The van der Waals surface area contributed by atoms with Crippen molar-refractivity contribution in [3.63, 3.8) is 0 Å². The van der Waals surface area contributed by atoms with E-state index in [0.717, 1.165) is 6.54 Å². The Bertz CT molecular complexity index is 125. The van der Waals surface area contributed by atoms with E-state index in [2.05, 4.69) is 31.4 Å². The van der Waals surface area contributed by atoms with Crippen molar-refractivity contribution in [1.82, 2.24) is 5.32 Å². The summed E-state index contributed by atoms with van der Waals surface area (Å²) in [6.07, 6.45) is 4.24. The number of dihydropyridines is 1. The van der Waals surface area contributed by atoms with Gasteiger partial charge in [-0.05, 0) is 31.2 Å². The molecule has 58 valence electrons.